The lowest BCUT2D eigenvalue weighted by molar-refractivity contribution is -0.911. The van der Waals surface area contributed by atoms with Crippen LogP contribution in [0.4, 0.5) is 13.2 Å². The van der Waals surface area contributed by atoms with E-state index in [0.29, 0.717) is 0 Å². The van der Waals surface area contributed by atoms with Crippen LogP contribution in [0, 0.1) is 0 Å². The predicted octanol–water partition coefficient (Wildman–Crippen LogP) is 0.515. The third-order valence-electron chi connectivity index (χ3n) is 2.85. The summed E-state index contributed by atoms with van der Waals surface area (Å²) in [5.74, 6) is 0. The number of alkyl halides is 3. The molecule has 0 aliphatic carbocycles. The molecule has 1 fully saturated rings. The van der Waals surface area contributed by atoms with Crippen molar-refractivity contribution in [2.75, 3.05) is 13.6 Å². The molecule has 104 valence electrons. The van der Waals surface area contributed by atoms with Gasteiger partial charge in [-0.25, -0.2) is 8.42 Å². The van der Waals surface area contributed by atoms with Gasteiger partial charge in [-0.15, -0.1) is 0 Å². The standard InChI is InChI=1S/C8H17N.CHF3O3S/c1-3-8-6-4-5-7-9(8)2;2-1(3,4)8(5,6)7/h8H,3-7H2,1-2H3;(H,5,6,7). The molecule has 0 aromatic carbocycles. The quantitative estimate of drug-likeness (QED) is 0.561. The van der Waals surface area contributed by atoms with Crippen LogP contribution in [0.1, 0.15) is 32.6 Å². The zero-order chi connectivity index (χ0) is 13.7. The molecular weight excluding hydrogens is 259 g/mol. The maximum absolute atomic E-state index is 10.7. The Morgan fingerprint density at radius 1 is 1.35 bits per heavy atom. The molecule has 1 rings (SSSR count). The minimum atomic E-state index is -6.09. The molecule has 17 heavy (non-hydrogen) atoms. The van der Waals surface area contributed by atoms with Crippen LogP contribution in [-0.2, 0) is 10.1 Å². The molecule has 1 aliphatic rings. The molecule has 0 amide bonds. The van der Waals surface area contributed by atoms with Crippen molar-refractivity contribution in [2.45, 2.75) is 44.2 Å². The summed E-state index contributed by atoms with van der Waals surface area (Å²) in [6.07, 6.45) is 5.74. The maximum atomic E-state index is 10.7. The van der Waals surface area contributed by atoms with E-state index in [1.54, 1.807) is 4.90 Å². The van der Waals surface area contributed by atoms with Gasteiger partial charge >= 0.3 is 5.51 Å². The first kappa shape index (κ1) is 16.7. The van der Waals surface area contributed by atoms with E-state index in [9.17, 15) is 13.2 Å². The van der Waals surface area contributed by atoms with E-state index in [-0.39, 0.29) is 0 Å². The van der Waals surface area contributed by atoms with Crippen molar-refractivity contribution in [2.24, 2.45) is 0 Å². The number of nitrogens with one attached hydrogen (secondary N) is 1. The van der Waals surface area contributed by atoms with Crippen molar-refractivity contribution in [1.29, 1.82) is 0 Å². The molecule has 0 aromatic heterocycles. The van der Waals surface area contributed by atoms with Gasteiger partial charge in [0.2, 0.25) is 0 Å². The molecule has 1 aliphatic heterocycles. The second kappa shape index (κ2) is 6.55. The summed E-state index contributed by atoms with van der Waals surface area (Å²) in [5.41, 5.74) is -5.65. The Labute approximate surface area is 99.5 Å². The van der Waals surface area contributed by atoms with Gasteiger partial charge in [0.25, 0.3) is 0 Å². The van der Waals surface area contributed by atoms with Gasteiger partial charge in [-0.05, 0) is 25.7 Å². The van der Waals surface area contributed by atoms with E-state index in [1.165, 1.54) is 32.2 Å². The highest BCUT2D eigenvalue weighted by atomic mass is 32.2. The normalized spacial score (nSPS) is 26.0. The Morgan fingerprint density at radius 2 is 1.82 bits per heavy atom. The van der Waals surface area contributed by atoms with Crippen LogP contribution in [0.15, 0.2) is 0 Å². The SMILES string of the molecule is CCC1CCCC[NH+]1C.O=S(=O)([O-])C(F)(F)F. The number of hydrogen-bond acceptors (Lipinski definition) is 3. The highest BCUT2D eigenvalue weighted by Crippen LogP contribution is 2.20. The first-order valence-electron chi connectivity index (χ1n) is 5.44. The monoisotopic (exact) mass is 277 g/mol. The topological polar surface area (TPSA) is 61.6 Å². The minimum absolute atomic E-state index is 0.971. The van der Waals surface area contributed by atoms with E-state index in [0.717, 1.165) is 6.04 Å². The number of halogens is 3. The number of likely N-dealkylation sites (tertiary alicyclic amines) is 1. The highest BCUT2D eigenvalue weighted by molar-refractivity contribution is 7.86. The van der Waals surface area contributed by atoms with Crippen LogP contribution >= 0.6 is 0 Å². The van der Waals surface area contributed by atoms with Crippen LogP contribution in [0.5, 0.6) is 0 Å². The Bertz CT molecular complexity index is 316. The molecule has 2 atom stereocenters. The average Bonchev–Trinajstić information content (AvgIpc) is 2.16. The smallest absolute Gasteiger partial charge is 0.485 e. The minimum Gasteiger partial charge on any atom is -0.741 e. The predicted molar refractivity (Wildman–Crippen MR) is 55.4 cm³/mol. The molecule has 8 heteroatoms. The zero-order valence-corrected chi connectivity index (χ0v) is 10.7. The molecule has 4 nitrogen and oxygen atoms in total. The average molecular weight is 277 g/mol. The summed E-state index contributed by atoms with van der Waals surface area (Å²) in [4.78, 5) is 1.75. The summed E-state index contributed by atoms with van der Waals surface area (Å²) >= 11 is 0. The fourth-order valence-corrected chi connectivity index (χ4v) is 1.80. The fourth-order valence-electron chi connectivity index (χ4n) is 1.80. The Balaban J connectivity index is 0.000000304. The number of rotatable bonds is 1. The Kier molecular flexibility index (Phi) is 6.42. The number of hydrogen-bond donors (Lipinski definition) is 1. The molecule has 0 radical (unpaired) electrons. The molecule has 0 spiro atoms. The van der Waals surface area contributed by atoms with Crippen molar-refractivity contribution in [3.63, 3.8) is 0 Å². The van der Waals surface area contributed by atoms with E-state index in [2.05, 4.69) is 14.0 Å². The van der Waals surface area contributed by atoms with Gasteiger partial charge in [-0.1, -0.05) is 6.92 Å². The van der Waals surface area contributed by atoms with Gasteiger partial charge in [0.1, 0.15) is 0 Å². The van der Waals surface area contributed by atoms with Crippen molar-refractivity contribution in [1.82, 2.24) is 0 Å². The number of quaternary nitrogens is 1. The summed E-state index contributed by atoms with van der Waals surface area (Å²) in [5, 5.41) is 0. The van der Waals surface area contributed by atoms with Crippen LogP contribution in [-0.4, -0.2) is 38.1 Å². The third kappa shape index (κ3) is 6.23. The lowest BCUT2D eigenvalue weighted by atomic mass is 10.0. The lowest BCUT2D eigenvalue weighted by Crippen LogP contribution is -3.13. The van der Waals surface area contributed by atoms with Gasteiger partial charge < -0.3 is 9.45 Å². The summed E-state index contributed by atoms with van der Waals surface area (Å²) in [6, 6.07) is 0.971. The first-order chi connectivity index (χ1) is 7.59. The van der Waals surface area contributed by atoms with E-state index in [1.807, 2.05) is 0 Å². The van der Waals surface area contributed by atoms with Crippen molar-refractivity contribution >= 4 is 10.1 Å². The van der Waals surface area contributed by atoms with Gasteiger partial charge in [-0.2, -0.15) is 13.2 Å². The fraction of sp³-hybridized carbons (Fsp3) is 1.00. The molecule has 2 unspecified atom stereocenters. The Morgan fingerprint density at radius 3 is 2.06 bits per heavy atom. The largest absolute Gasteiger partial charge is 0.741 e. The van der Waals surface area contributed by atoms with Crippen LogP contribution < -0.4 is 4.90 Å². The van der Waals surface area contributed by atoms with Crippen molar-refractivity contribution in [3.05, 3.63) is 0 Å². The van der Waals surface area contributed by atoms with Crippen LogP contribution in [0.3, 0.4) is 0 Å². The number of piperidine rings is 1. The maximum Gasteiger partial charge on any atom is 0.485 e. The zero-order valence-electron chi connectivity index (χ0n) is 9.88. The van der Waals surface area contributed by atoms with Crippen molar-refractivity contribution < 1.29 is 31.0 Å². The van der Waals surface area contributed by atoms with Gasteiger partial charge in [0, 0.05) is 0 Å². The van der Waals surface area contributed by atoms with Crippen LogP contribution in [0.2, 0.25) is 0 Å². The van der Waals surface area contributed by atoms with E-state index < -0.39 is 15.6 Å². The van der Waals surface area contributed by atoms with E-state index in [4.69, 9.17) is 13.0 Å². The Hall–Kier alpha value is -0.340. The van der Waals surface area contributed by atoms with Crippen LogP contribution in [0.25, 0.3) is 0 Å². The van der Waals surface area contributed by atoms with Gasteiger partial charge in [-0.3, -0.25) is 0 Å². The summed E-state index contributed by atoms with van der Waals surface area (Å²) in [7, 11) is -3.76. The van der Waals surface area contributed by atoms with Gasteiger partial charge in [0.15, 0.2) is 10.1 Å². The molecule has 1 saturated heterocycles. The second-order valence-electron chi connectivity index (χ2n) is 4.10. The third-order valence-corrected chi connectivity index (χ3v) is 3.41. The summed E-state index contributed by atoms with van der Waals surface area (Å²) in [6.45, 7) is 3.71. The lowest BCUT2D eigenvalue weighted by Gasteiger charge is -2.28. The molecular formula is C9H18F3NO3S. The molecule has 0 aromatic rings. The second-order valence-corrected chi connectivity index (χ2v) is 5.47. The molecule has 1 N–H and O–H groups in total. The molecule has 1 heterocycles. The molecule has 0 saturated carbocycles. The molecule has 0 bridgehead atoms. The summed E-state index contributed by atoms with van der Waals surface area (Å²) < 4.78 is 58.9. The highest BCUT2D eigenvalue weighted by Gasteiger charge is 2.36. The van der Waals surface area contributed by atoms with Crippen molar-refractivity contribution in [3.8, 4) is 0 Å². The van der Waals surface area contributed by atoms with Gasteiger partial charge in [0.05, 0.1) is 19.6 Å². The first-order valence-corrected chi connectivity index (χ1v) is 6.85. The van der Waals surface area contributed by atoms with E-state index >= 15 is 0 Å².